The summed E-state index contributed by atoms with van der Waals surface area (Å²) in [5.74, 6) is 0. The third-order valence-corrected chi connectivity index (χ3v) is 16.4. The van der Waals surface area contributed by atoms with Gasteiger partial charge in [-0.2, -0.15) is 0 Å². The lowest BCUT2D eigenvalue weighted by Gasteiger charge is -2.42. The van der Waals surface area contributed by atoms with E-state index in [1.807, 2.05) is 11.3 Å². The first-order valence-electron chi connectivity index (χ1n) is 22.3. The monoisotopic (exact) mass is 808 g/mol. The van der Waals surface area contributed by atoms with Crippen molar-refractivity contribution in [3.05, 3.63) is 149 Å². The van der Waals surface area contributed by atoms with Crippen LogP contribution < -0.4 is 16.2 Å². The molecule has 0 radical (unpaired) electrons. The van der Waals surface area contributed by atoms with Crippen molar-refractivity contribution in [3.8, 4) is 27.9 Å². The second-order valence-corrected chi connectivity index (χ2v) is 22.4. The van der Waals surface area contributed by atoms with Crippen molar-refractivity contribution < 1.29 is 0 Å². The topological polar surface area (TPSA) is 17.0 Å². The van der Waals surface area contributed by atoms with Gasteiger partial charge in [0.1, 0.15) is 0 Å². The lowest BCUT2D eigenvalue weighted by molar-refractivity contribution is 0.332. The van der Waals surface area contributed by atoms with E-state index in [-0.39, 0.29) is 21.7 Å². The predicted molar refractivity (Wildman–Crippen MR) is 267 cm³/mol. The highest BCUT2D eigenvalue weighted by Gasteiger charge is 2.40. The molecule has 4 heteroatoms. The van der Waals surface area contributed by atoms with Crippen LogP contribution >= 0.6 is 11.3 Å². The van der Waals surface area contributed by atoms with Crippen LogP contribution in [0.25, 0.3) is 69.9 Å². The van der Waals surface area contributed by atoms with Crippen LogP contribution in [0.5, 0.6) is 0 Å². The fourth-order valence-electron chi connectivity index (χ4n) is 11.5. The van der Waals surface area contributed by atoms with Crippen LogP contribution in [0.4, 0.5) is 11.4 Å². The molecule has 300 valence electrons. The predicted octanol–water partition coefficient (Wildman–Crippen LogP) is 14.2. The molecule has 3 aliphatic rings. The largest absolute Gasteiger partial charge is 0.355 e. The minimum Gasteiger partial charge on any atom is -0.355 e. The zero-order valence-electron chi connectivity index (χ0n) is 37.0. The molecule has 0 bridgehead atoms. The van der Waals surface area contributed by atoms with E-state index < -0.39 is 0 Å². The summed E-state index contributed by atoms with van der Waals surface area (Å²) < 4.78 is 5.35. The standard InChI is InChI=1S/C57H53BN2S/c1-54(2,3)32-18-20-33(21-19-32)59-47-30-45-44(55(4,5)24-25-56(45,6)7)27-39(47)36-22-23-37-40-26-41-35-15-11-13-17-50(35)61-51(41)31-48(40)60-49-28-38-34-14-10-12-16-42(34)57(8,9)43(38)29-46(49)58-52(36)53(37)60/h10-23,26-31,58-59H,24-25H2,1-9H3. The average molecular weight is 809 g/mol. The zero-order chi connectivity index (χ0) is 42.0. The van der Waals surface area contributed by atoms with E-state index in [0.717, 1.165) is 13.0 Å². The Hall–Kier alpha value is -5.58. The number of aromatic nitrogens is 1. The average Bonchev–Trinajstić information content (AvgIpc) is 3.84. The fourth-order valence-corrected chi connectivity index (χ4v) is 12.7. The minimum absolute atomic E-state index is 0.0744. The Morgan fingerprint density at radius 3 is 2.07 bits per heavy atom. The maximum absolute atomic E-state index is 4.03. The number of nitrogens with zero attached hydrogens (tertiary/aromatic N) is 1. The van der Waals surface area contributed by atoms with Crippen LogP contribution in [0.15, 0.2) is 121 Å². The van der Waals surface area contributed by atoms with Gasteiger partial charge < -0.3 is 9.88 Å². The summed E-state index contributed by atoms with van der Waals surface area (Å²) in [5, 5.41) is 9.40. The molecule has 9 aromatic rings. The summed E-state index contributed by atoms with van der Waals surface area (Å²) >= 11 is 1.92. The Bertz CT molecular complexity index is 3360. The van der Waals surface area contributed by atoms with Crippen molar-refractivity contribution in [2.24, 2.45) is 0 Å². The molecular weight excluding hydrogens is 756 g/mol. The van der Waals surface area contributed by atoms with Crippen LogP contribution in [0, 0.1) is 0 Å². The Morgan fingerprint density at radius 2 is 1.30 bits per heavy atom. The number of nitrogens with one attached hydrogen (secondary N) is 1. The summed E-state index contributed by atoms with van der Waals surface area (Å²) in [4.78, 5) is 0. The molecule has 2 nitrogen and oxygen atoms in total. The van der Waals surface area contributed by atoms with Gasteiger partial charge in [0, 0.05) is 64.5 Å². The third kappa shape index (κ3) is 5.27. The van der Waals surface area contributed by atoms with Crippen molar-refractivity contribution in [1.29, 1.82) is 0 Å². The van der Waals surface area contributed by atoms with Crippen molar-refractivity contribution in [2.45, 2.75) is 96.8 Å². The fraction of sp³-hybridized carbons (Fsp3) is 0.263. The molecule has 3 heterocycles. The van der Waals surface area contributed by atoms with E-state index in [0.29, 0.717) is 0 Å². The summed E-state index contributed by atoms with van der Waals surface area (Å²) in [7, 11) is 0.876. The number of rotatable bonds is 3. The van der Waals surface area contributed by atoms with Crippen LogP contribution in [-0.2, 0) is 21.7 Å². The highest BCUT2D eigenvalue weighted by molar-refractivity contribution is 7.25. The quantitative estimate of drug-likeness (QED) is 0.176. The molecule has 1 N–H and O–H groups in total. The first-order valence-corrected chi connectivity index (χ1v) is 23.2. The first kappa shape index (κ1) is 37.2. The molecule has 0 unspecified atom stereocenters. The van der Waals surface area contributed by atoms with Crippen LogP contribution in [0.1, 0.15) is 103 Å². The SMILES string of the molecule is CC(C)(C)c1ccc(Nc2cc3c(cc2-c2ccc4c5cc6c(cc5n5c4c2Bc2cc4c(cc2-5)-c2ccccc2C4(C)C)sc2ccccc26)C(C)(C)CCC3(C)C)cc1. The van der Waals surface area contributed by atoms with E-state index in [9.17, 15) is 0 Å². The van der Waals surface area contributed by atoms with Gasteiger partial charge in [-0.3, -0.25) is 0 Å². The van der Waals surface area contributed by atoms with E-state index in [2.05, 4.69) is 194 Å². The smallest absolute Gasteiger partial charge is 0.198 e. The number of benzene rings is 7. The number of fused-ring (bicyclic) bond motifs is 12. The Labute approximate surface area is 364 Å². The van der Waals surface area contributed by atoms with Crippen LogP contribution in [0.2, 0.25) is 0 Å². The van der Waals surface area contributed by atoms with Crippen molar-refractivity contribution >= 4 is 82.9 Å². The van der Waals surface area contributed by atoms with Crippen molar-refractivity contribution in [2.75, 3.05) is 5.32 Å². The summed E-state index contributed by atoms with van der Waals surface area (Å²) in [6.07, 6.45) is 2.35. The second kappa shape index (κ2) is 12.3. The van der Waals surface area contributed by atoms with E-state index in [4.69, 9.17) is 0 Å². The number of anilines is 2. The summed E-state index contributed by atoms with van der Waals surface area (Å²) in [6.45, 7) is 21.5. The number of thiophene rings is 1. The van der Waals surface area contributed by atoms with Gasteiger partial charge in [-0.25, -0.2) is 0 Å². The van der Waals surface area contributed by atoms with E-state index in [1.54, 1.807) is 0 Å². The molecule has 0 amide bonds. The van der Waals surface area contributed by atoms with Gasteiger partial charge in [-0.15, -0.1) is 11.3 Å². The zero-order valence-corrected chi connectivity index (χ0v) is 37.8. The normalized spacial score (nSPS) is 16.7. The van der Waals surface area contributed by atoms with Gasteiger partial charge in [0.2, 0.25) is 0 Å². The molecule has 2 aliphatic carbocycles. The van der Waals surface area contributed by atoms with Crippen molar-refractivity contribution in [1.82, 2.24) is 4.57 Å². The molecule has 0 saturated carbocycles. The highest BCUT2D eigenvalue weighted by Crippen LogP contribution is 2.52. The van der Waals surface area contributed by atoms with Crippen LogP contribution in [0.3, 0.4) is 0 Å². The molecule has 7 aromatic carbocycles. The van der Waals surface area contributed by atoms with E-state index in [1.165, 1.54) is 127 Å². The minimum atomic E-state index is -0.0748. The molecule has 1 aliphatic heterocycles. The molecule has 12 rings (SSSR count). The lowest BCUT2D eigenvalue weighted by Crippen LogP contribution is -2.38. The van der Waals surface area contributed by atoms with Crippen LogP contribution in [-0.4, -0.2) is 11.8 Å². The highest BCUT2D eigenvalue weighted by atomic mass is 32.1. The molecule has 0 atom stereocenters. The van der Waals surface area contributed by atoms with Gasteiger partial charge in [-0.05, 0) is 128 Å². The molecule has 0 fully saturated rings. The molecule has 61 heavy (non-hydrogen) atoms. The number of hydrogen-bond donors (Lipinski definition) is 1. The van der Waals surface area contributed by atoms with Crippen molar-refractivity contribution in [3.63, 3.8) is 0 Å². The van der Waals surface area contributed by atoms with Gasteiger partial charge in [0.25, 0.3) is 0 Å². The van der Waals surface area contributed by atoms with Gasteiger partial charge >= 0.3 is 0 Å². The number of hydrogen-bond acceptors (Lipinski definition) is 2. The second-order valence-electron chi connectivity index (χ2n) is 21.3. The maximum Gasteiger partial charge on any atom is 0.198 e. The summed E-state index contributed by atoms with van der Waals surface area (Å²) in [6, 6.07) is 47.3. The van der Waals surface area contributed by atoms with Gasteiger partial charge in [0.05, 0.1) is 5.52 Å². The molecule has 0 spiro atoms. The Morgan fingerprint density at radius 1 is 0.574 bits per heavy atom. The van der Waals surface area contributed by atoms with E-state index >= 15 is 0 Å². The third-order valence-electron chi connectivity index (χ3n) is 15.2. The first-order chi connectivity index (χ1) is 29.1. The molecule has 2 aromatic heterocycles. The maximum atomic E-state index is 4.03. The Kier molecular flexibility index (Phi) is 7.50. The molecule has 0 saturated heterocycles. The van der Waals surface area contributed by atoms with Gasteiger partial charge in [0.15, 0.2) is 7.28 Å². The van der Waals surface area contributed by atoms with Gasteiger partial charge in [-0.1, -0.05) is 141 Å². The molecular formula is C57H53BN2S. The Balaban J connectivity index is 1.16. The lowest BCUT2D eigenvalue weighted by atomic mass is 9.57. The summed E-state index contributed by atoms with van der Waals surface area (Å²) in [5.41, 5.74) is 21.8.